The number of halogens is 1. The smallest absolute Gasteiger partial charge is 0.216 e. The molecule has 130 valence electrons. The van der Waals surface area contributed by atoms with Crippen LogP contribution in [0.5, 0.6) is 11.5 Å². The molecule has 2 aromatic carbocycles. The second-order valence-electron chi connectivity index (χ2n) is 4.92. The molecule has 0 amide bonds. The van der Waals surface area contributed by atoms with Gasteiger partial charge >= 0.3 is 0 Å². The van der Waals surface area contributed by atoms with Crippen LogP contribution in [0.3, 0.4) is 0 Å². The number of ether oxygens (including phenoxy) is 2. The highest BCUT2D eigenvalue weighted by atomic mass is 35.5. The Morgan fingerprint density at radius 3 is 2.44 bits per heavy atom. The van der Waals surface area contributed by atoms with Crippen LogP contribution in [-0.4, -0.2) is 22.1 Å². The van der Waals surface area contributed by atoms with Crippen molar-refractivity contribution in [1.82, 2.24) is 0 Å². The van der Waals surface area contributed by atoms with E-state index in [0.29, 0.717) is 28.7 Å². The molecule has 0 heterocycles. The first-order chi connectivity index (χ1) is 11.9. The minimum atomic E-state index is -3.94. The fourth-order valence-electron chi connectivity index (χ4n) is 2.11. The highest BCUT2D eigenvalue weighted by Crippen LogP contribution is 2.30. The van der Waals surface area contributed by atoms with Crippen LogP contribution in [0.25, 0.3) is 6.08 Å². The van der Waals surface area contributed by atoms with E-state index < -0.39 is 9.84 Å². The summed E-state index contributed by atoms with van der Waals surface area (Å²) in [6.45, 7) is 2.32. The van der Waals surface area contributed by atoms with Gasteiger partial charge in [0.15, 0.2) is 11.5 Å². The van der Waals surface area contributed by atoms with E-state index in [4.69, 9.17) is 21.1 Å². The van der Waals surface area contributed by atoms with Gasteiger partial charge in [-0.05, 0) is 55.0 Å². The van der Waals surface area contributed by atoms with Crippen LogP contribution in [0.15, 0.2) is 52.3 Å². The van der Waals surface area contributed by atoms with Crippen molar-refractivity contribution in [3.63, 3.8) is 0 Å². The average Bonchev–Trinajstić information content (AvgIpc) is 2.61. The number of nitriles is 1. The fraction of sp³-hybridized carbons (Fsp3) is 0.167. The van der Waals surface area contributed by atoms with E-state index in [1.807, 2.05) is 6.92 Å². The van der Waals surface area contributed by atoms with Gasteiger partial charge in [-0.15, -0.1) is 0 Å². The Morgan fingerprint density at radius 1 is 1.20 bits per heavy atom. The number of hydrogen-bond donors (Lipinski definition) is 0. The van der Waals surface area contributed by atoms with E-state index >= 15 is 0 Å². The van der Waals surface area contributed by atoms with Gasteiger partial charge < -0.3 is 9.47 Å². The number of methoxy groups -OCH3 is 1. The van der Waals surface area contributed by atoms with Crippen molar-refractivity contribution in [2.24, 2.45) is 0 Å². The quantitative estimate of drug-likeness (QED) is 0.709. The molecule has 0 saturated heterocycles. The SMILES string of the molecule is CCOc1ccc(C=C(C#N)S(=O)(=O)c2ccc(Cl)cc2)cc1OC. The lowest BCUT2D eigenvalue weighted by molar-refractivity contribution is 0.311. The third kappa shape index (κ3) is 4.32. The summed E-state index contributed by atoms with van der Waals surface area (Å²) in [5.74, 6) is 0.998. The molecular formula is C18H16ClNO4S. The second-order valence-corrected chi connectivity index (χ2v) is 7.28. The highest BCUT2D eigenvalue weighted by molar-refractivity contribution is 7.95. The van der Waals surface area contributed by atoms with E-state index in [1.54, 1.807) is 24.3 Å². The highest BCUT2D eigenvalue weighted by Gasteiger charge is 2.21. The zero-order valence-electron chi connectivity index (χ0n) is 13.7. The normalized spacial score (nSPS) is 11.7. The predicted molar refractivity (Wildman–Crippen MR) is 96.4 cm³/mol. The van der Waals surface area contributed by atoms with Crippen molar-refractivity contribution in [1.29, 1.82) is 5.26 Å². The Morgan fingerprint density at radius 2 is 1.88 bits per heavy atom. The summed E-state index contributed by atoms with van der Waals surface area (Å²) in [5, 5.41) is 9.74. The summed E-state index contributed by atoms with van der Waals surface area (Å²) in [7, 11) is -2.45. The number of sulfone groups is 1. The molecule has 0 bridgehead atoms. The van der Waals surface area contributed by atoms with Crippen LogP contribution >= 0.6 is 11.6 Å². The minimum absolute atomic E-state index is 0.00241. The monoisotopic (exact) mass is 377 g/mol. The first-order valence-corrected chi connectivity index (χ1v) is 9.21. The first kappa shape index (κ1) is 18.8. The minimum Gasteiger partial charge on any atom is -0.493 e. The first-order valence-electron chi connectivity index (χ1n) is 7.35. The van der Waals surface area contributed by atoms with Crippen LogP contribution in [0, 0.1) is 11.3 Å². The standard InChI is InChI=1S/C18H16ClNO4S/c1-3-24-17-9-4-13(11-18(17)23-2)10-16(12-20)25(21,22)15-7-5-14(19)6-8-15/h4-11H,3H2,1-2H3. The van der Waals surface area contributed by atoms with Crippen LogP contribution < -0.4 is 9.47 Å². The van der Waals surface area contributed by atoms with Crippen LogP contribution in [0.4, 0.5) is 0 Å². The summed E-state index contributed by atoms with van der Waals surface area (Å²) in [6, 6.07) is 12.3. The zero-order chi connectivity index (χ0) is 18.4. The van der Waals surface area contributed by atoms with E-state index in [2.05, 4.69) is 0 Å². The Hall–Kier alpha value is -2.49. The van der Waals surface area contributed by atoms with Gasteiger partial charge in [0.2, 0.25) is 9.84 Å². The van der Waals surface area contributed by atoms with Gasteiger partial charge in [-0.2, -0.15) is 5.26 Å². The lowest BCUT2D eigenvalue weighted by Gasteiger charge is -2.10. The number of rotatable bonds is 6. The molecule has 25 heavy (non-hydrogen) atoms. The maximum atomic E-state index is 12.6. The molecule has 0 radical (unpaired) electrons. The van der Waals surface area contributed by atoms with E-state index in [0.717, 1.165) is 0 Å². The molecule has 0 fully saturated rings. The lowest BCUT2D eigenvalue weighted by Crippen LogP contribution is -2.03. The molecule has 0 aliphatic carbocycles. The van der Waals surface area contributed by atoms with Crippen molar-refractivity contribution in [3.05, 3.63) is 58.0 Å². The molecule has 0 unspecified atom stereocenters. The Bertz CT molecular complexity index is 929. The molecule has 0 aliphatic heterocycles. The van der Waals surface area contributed by atoms with E-state index in [-0.39, 0.29) is 9.80 Å². The molecule has 7 heteroatoms. The Balaban J connectivity index is 2.46. The largest absolute Gasteiger partial charge is 0.493 e. The summed E-state index contributed by atoms with van der Waals surface area (Å²) in [5.41, 5.74) is 0.509. The van der Waals surface area contributed by atoms with Crippen molar-refractivity contribution < 1.29 is 17.9 Å². The van der Waals surface area contributed by atoms with Gasteiger partial charge in [0.25, 0.3) is 0 Å². The summed E-state index contributed by atoms with van der Waals surface area (Å²) in [4.78, 5) is -0.372. The number of benzene rings is 2. The van der Waals surface area contributed by atoms with Gasteiger partial charge in [-0.1, -0.05) is 17.7 Å². The molecule has 2 aromatic rings. The van der Waals surface area contributed by atoms with Gasteiger partial charge in [0, 0.05) is 5.02 Å². The van der Waals surface area contributed by atoms with Crippen molar-refractivity contribution in [2.45, 2.75) is 11.8 Å². The lowest BCUT2D eigenvalue weighted by atomic mass is 10.2. The molecule has 0 N–H and O–H groups in total. The Labute approximate surface area is 152 Å². The number of nitrogens with zero attached hydrogens (tertiary/aromatic N) is 1. The summed E-state index contributed by atoms with van der Waals surface area (Å²) < 4.78 is 35.9. The Kier molecular flexibility index (Phi) is 6.07. The fourth-order valence-corrected chi connectivity index (χ4v) is 3.40. The molecule has 5 nitrogen and oxygen atoms in total. The van der Waals surface area contributed by atoms with Gasteiger partial charge in [0.05, 0.1) is 18.6 Å². The van der Waals surface area contributed by atoms with Gasteiger partial charge in [0.1, 0.15) is 11.0 Å². The maximum absolute atomic E-state index is 12.6. The maximum Gasteiger partial charge on any atom is 0.216 e. The third-order valence-corrected chi connectivity index (χ3v) is 5.24. The predicted octanol–water partition coefficient (Wildman–Crippen LogP) is 4.09. The van der Waals surface area contributed by atoms with Crippen molar-refractivity contribution in [3.8, 4) is 17.6 Å². The molecule has 0 atom stereocenters. The average molecular weight is 378 g/mol. The number of allylic oxidation sites excluding steroid dienone is 1. The third-order valence-electron chi connectivity index (χ3n) is 3.31. The zero-order valence-corrected chi connectivity index (χ0v) is 15.3. The van der Waals surface area contributed by atoms with E-state index in [1.165, 1.54) is 37.5 Å². The molecule has 2 rings (SSSR count). The second kappa shape index (κ2) is 8.06. The van der Waals surface area contributed by atoms with Crippen LogP contribution in [-0.2, 0) is 9.84 Å². The van der Waals surface area contributed by atoms with Crippen LogP contribution in [0.1, 0.15) is 12.5 Å². The van der Waals surface area contributed by atoms with E-state index in [9.17, 15) is 13.7 Å². The van der Waals surface area contributed by atoms with Gasteiger partial charge in [-0.25, -0.2) is 8.42 Å². The molecule has 0 aliphatic rings. The molecule has 0 aromatic heterocycles. The number of hydrogen-bond acceptors (Lipinski definition) is 5. The summed E-state index contributed by atoms with van der Waals surface area (Å²) in [6.07, 6.45) is 1.29. The van der Waals surface area contributed by atoms with Crippen molar-refractivity contribution in [2.75, 3.05) is 13.7 Å². The topological polar surface area (TPSA) is 76.4 Å². The molecule has 0 saturated carbocycles. The summed E-state index contributed by atoms with van der Waals surface area (Å²) >= 11 is 5.78. The molecular weight excluding hydrogens is 362 g/mol. The van der Waals surface area contributed by atoms with Gasteiger partial charge in [-0.3, -0.25) is 0 Å². The van der Waals surface area contributed by atoms with Crippen molar-refractivity contribution >= 4 is 27.5 Å². The molecule has 0 spiro atoms. The van der Waals surface area contributed by atoms with Crippen LogP contribution in [0.2, 0.25) is 5.02 Å².